The molecule has 0 atom stereocenters. The van der Waals surface area contributed by atoms with E-state index in [1.54, 1.807) is 12.1 Å². The molecule has 0 unspecified atom stereocenters. The first-order valence-corrected chi connectivity index (χ1v) is 16.0. The number of hydrogen-bond donors (Lipinski definition) is 1. The molecule has 0 amide bonds. The topological polar surface area (TPSA) is 130 Å². The van der Waals surface area contributed by atoms with E-state index in [1.807, 2.05) is 31.2 Å². The zero-order valence-electron chi connectivity index (χ0n) is 24.1. The molecule has 1 N–H and O–H groups in total. The number of aryl methyl sites for hydroxylation is 1. The first kappa shape index (κ1) is 37.2. The number of alkyl halides is 3. The molecular formula is C28H35F3O8S3. The third-order valence-electron chi connectivity index (χ3n) is 4.38. The van der Waals surface area contributed by atoms with Gasteiger partial charge in [0.2, 0.25) is 0 Å². The lowest BCUT2D eigenvalue weighted by Crippen LogP contribution is -2.22. The predicted molar refractivity (Wildman–Crippen MR) is 156 cm³/mol. The van der Waals surface area contributed by atoms with Gasteiger partial charge in [-0.3, -0.25) is 4.55 Å². The highest BCUT2D eigenvalue weighted by Gasteiger charge is 2.44. The standard InChI is InChI=1S/C20H26O2S.C7H8O3S.CHF3O3S/c1-19(2,3)21-15-7-11-17(12-8-15)23-18-13-9-16(10-14-18)22-20(4,5)6;1-6-2-4-7(5-3-6)11(8,9)10;2-1(3,4)8(5,6)7/h7-14H,1-6H3;2-5H,1H3,(H,8,9,10);(H,5,6,7). The summed E-state index contributed by atoms with van der Waals surface area (Å²) in [5.41, 5.74) is -4.94. The highest BCUT2D eigenvalue weighted by atomic mass is 32.2. The average Bonchev–Trinajstić information content (AvgIpc) is 2.79. The first-order chi connectivity index (χ1) is 18.9. The van der Waals surface area contributed by atoms with Gasteiger partial charge in [0, 0.05) is 11.8 Å². The molecule has 0 bridgehead atoms. The fourth-order valence-electron chi connectivity index (χ4n) is 2.74. The lowest BCUT2D eigenvalue weighted by atomic mass is 10.2. The van der Waals surface area contributed by atoms with Crippen LogP contribution in [-0.2, 0) is 32.0 Å². The van der Waals surface area contributed by atoms with Gasteiger partial charge in [-0.05, 0) is 109 Å². The minimum atomic E-state index is -5.84. The first-order valence-electron chi connectivity index (χ1n) is 12.2. The van der Waals surface area contributed by atoms with E-state index in [0.29, 0.717) is 0 Å². The third-order valence-corrected chi connectivity index (χ3v) is 6.93. The summed E-state index contributed by atoms with van der Waals surface area (Å²) >= 11 is 1.18. The lowest BCUT2D eigenvalue weighted by Gasteiger charge is -2.21. The molecule has 0 aromatic heterocycles. The fourth-order valence-corrected chi connectivity index (χ4v) is 4.10. The van der Waals surface area contributed by atoms with Gasteiger partial charge in [-0.25, -0.2) is 8.42 Å². The Morgan fingerprint density at radius 3 is 1.21 bits per heavy atom. The van der Waals surface area contributed by atoms with Crippen LogP contribution in [0.4, 0.5) is 13.2 Å². The van der Waals surface area contributed by atoms with Crippen LogP contribution in [0.2, 0.25) is 0 Å². The molecule has 0 fully saturated rings. The van der Waals surface area contributed by atoms with Gasteiger partial charge < -0.3 is 14.0 Å². The lowest BCUT2D eigenvalue weighted by molar-refractivity contribution is -0.0510. The second kappa shape index (κ2) is 14.6. The van der Waals surface area contributed by atoms with E-state index < -0.39 is 25.7 Å². The zero-order chi connectivity index (χ0) is 32.6. The number of benzene rings is 3. The molecule has 14 heteroatoms. The van der Waals surface area contributed by atoms with Gasteiger partial charge in [0.25, 0.3) is 0 Å². The van der Waals surface area contributed by atoms with Crippen LogP contribution in [0.3, 0.4) is 0 Å². The van der Waals surface area contributed by atoms with Gasteiger partial charge in [0.15, 0.2) is 9.79 Å². The van der Waals surface area contributed by atoms with Crippen LogP contribution >= 0.6 is 0 Å². The van der Waals surface area contributed by atoms with Crippen molar-refractivity contribution < 1.29 is 48.6 Å². The summed E-state index contributed by atoms with van der Waals surface area (Å²) in [6.45, 7) is 14.2. The van der Waals surface area contributed by atoms with Crippen molar-refractivity contribution in [1.82, 2.24) is 0 Å². The van der Waals surface area contributed by atoms with Crippen molar-refractivity contribution in [2.24, 2.45) is 0 Å². The van der Waals surface area contributed by atoms with E-state index in [0.717, 1.165) is 17.1 Å². The number of thiol groups is 1. The molecule has 234 valence electrons. The van der Waals surface area contributed by atoms with Crippen LogP contribution in [0.15, 0.2) is 87.5 Å². The normalized spacial score (nSPS) is 12.3. The Labute approximate surface area is 249 Å². The molecular weight excluding hydrogens is 617 g/mol. The molecule has 42 heavy (non-hydrogen) atoms. The van der Waals surface area contributed by atoms with Crippen molar-refractivity contribution >= 4 is 32.0 Å². The molecule has 0 spiro atoms. The molecule has 0 aliphatic rings. The van der Waals surface area contributed by atoms with Gasteiger partial charge in [0.1, 0.15) is 32.8 Å². The van der Waals surface area contributed by atoms with E-state index in [4.69, 9.17) is 22.4 Å². The monoisotopic (exact) mass is 652 g/mol. The van der Waals surface area contributed by atoms with Gasteiger partial charge in [-0.1, -0.05) is 17.7 Å². The minimum absolute atomic E-state index is 0.165. The quantitative estimate of drug-likeness (QED) is 0.142. The number of rotatable bonds is 5. The number of ether oxygens (including phenoxy) is 2. The second-order valence-corrected chi connectivity index (χ2v) is 14.8. The van der Waals surface area contributed by atoms with Crippen LogP contribution < -0.4 is 9.47 Å². The summed E-state index contributed by atoms with van der Waals surface area (Å²) < 4.78 is 100. The van der Waals surface area contributed by atoms with Crippen molar-refractivity contribution in [1.29, 1.82) is 0 Å². The Morgan fingerprint density at radius 1 is 0.667 bits per heavy atom. The van der Waals surface area contributed by atoms with Gasteiger partial charge in [-0.2, -0.15) is 21.6 Å². The molecule has 3 aromatic carbocycles. The molecule has 3 aromatic rings. The van der Waals surface area contributed by atoms with Crippen molar-refractivity contribution in [3.8, 4) is 11.5 Å². The maximum absolute atomic E-state index is 10.7. The summed E-state index contributed by atoms with van der Waals surface area (Å²) in [4.78, 5) is 2.31. The van der Waals surface area contributed by atoms with Gasteiger partial charge in [0.05, 0.1) is 4.90 Å². The predicted octanol–water partition coefficient (Wildman–Crippen LogP) is 6.57. The zero-order valence-corrected chi connectivity index (χ0v) is 26.7. The largest absolute Gasteiger partial charge is 0.744 e. The molecule has 0 aliphatic heterocycles. The summed E-state index contributed by atoms with van der Waals surface area (Å²) in [6.07, 6.45) is 0. The van der Waals surface area contributed by atoms with Crippen molar-refractivity contribution in [3.05, 3.63) is 78.4 Å². The van der Waals surface area contributed by atoms with E-state index in [9.17, 15) is 26.1 Å². The maximum Gasteiger partial charge on any atom is 0.522 e. The van der Waals surface area contributed by atoms with Crippen LogP contribution in [0.25, 0.3) is 0 Å². The minimum Gasteiger partial charge on any atom is -0.744 e. The van der Waals surface area contributed by atoms with Crippen LogP contribution in [0.1, 0.15) is 47.1 Å². The Balaban J connectivity index is 0.000000383. The molecule has 0 saturated heterocycles. The van der Waals surface area contributed by atoms with Crippen molar-refractivity contribution in [2.75, 3.05) is 0 Å². The van der Waals surface area contributed by atoms with Gasteiger partial charge in [-0.15, -0.1) is 0 Å². The van der Waals surface area contributed by atoms with E-state index in [-0.39, 0.29) is 16.1 Å². The number of halogens is 3. The summed E-state index contributed by atoms with van der Waals surface area (Å²) in [6, 6.07) is 22.4. The molecule has 3 rings (SSSR count). The Kier molecular flexibility index (Phi) is 12.9. The maximum atomic E-state index is 10.7. The second-order valence-electron chi connectivity index (χ2n) is 10.7. The average molecular weight is 653 g/mol. The fraction of sp³-hybridized carbons (Fsp3) is 0.357. The molecule has 0 saturated carbocycles. The number of hydrogen-bond acceptors (Lipinski definition) is 7. The summed E-state index contributed by atoms with van der Waals surface area (Å²) in [5, 5.41) is 0. The molecule has 0 radical (unpaired) electrons. The van der Waals surface area contributed by atoms with Crippen LogP contribution in [-0.4, -0.2) is 42.7 Å². The molecule has 0 aliphatic carbocycles. The van der Waals surface area contributed by atoms with Gasteiger partial charge >= 0.3 is 15.6 Å². The highest BCUT2D eigenvalue weighted by Crippen LogP contribution is 2.23. The van der Waals surface area contributed by atoms with E-state index in [2.05, 4.69) is 65.8 Å². The molecule has 8 nitrogen and oxygen atoms in total. The SMILES string of the molecule is CC(C)(C)Oc1ccc([SH+]c2ccc(OC(C)(C)C)cc2)cc1.Cc1ccc(S(=O)(=O)[O-])cc1.O=S(=O)(O)C(F)(F)F. The van der Waals surface area contributed by atoms with Crippen molar-refractivity contribution in [2.45, 2.75) is 79.9 Å². The van der Waals surface area contributed by atoms with E-state index in [1.165, 1.54) is 33.7 Å². The van der Waals surface area contributed by atoms with Crippen LogP contribution in [0.5, 0.6) is 11.5 Å². The van der Waals surface area contributed by atoms with E-state index >= 15 is 0 Å². The summed E-state index contributed by atoms with van der Waals surface area (Å²) in [5.74, 6) is 1.82. The van der Waals surface area contributed by atoms with Crippen molar-refractivity contribution in [3.63, 3.8) is 0 Å². The smallest absolute Gasteiger partial charge is 0.522 e. The third kappa shape index (κ3) is 15.4. The Morgan fingerprint density at radius 2 is 0.976 bits per heavy atom. The Hall–Kier alpha value is -2.78. The Bertz CT molecular complexity index is 1420. The highest BCUT2D eigenvalue weighted by molar-refractivity contribution is 7.86. The molecule has 0 heterocycles. The summed E-state index contributed by atoms with van der Waals surface area (Å²) in [7, 11) is -10.1. The van der Waals surface area contributed by atoms with Crippen LogP contribution in [0, 0.1) is 6.92 Å².